The summed E-state index contributed by atoms with van der Waals surface area (Å²) in [5.74, 6) is -0.301. The first kappa shape index (κ1) is 12.3. The van der Waals surface area contributed by atoms with Gasteiger partial charge in [0, 0.05) is 18.0 Å². The Morgan fingerprint density at radius 1 is 1.33 bits per heavy atom. The van der Waals surface area contributed by atoms with Gasteiger partial charge in [0.05, 0.1) is 16.8 Å². The average molecular weight is 296 g/mol. The standard InChI is InChI=1S/C16H12N2O2S/c1-11-8-14(21-9-11)16(18-7-6-17-10-18)13-5-3-2-4-12(13)15(19)20-16/h2-10H,1H3. The highest BCUT2D eigenvalue weighted by Gasteiger charge is 2.49. The van der Waals surface area contributed by atoms with Gasteiger partial charge in [0.25, 0.3) is 5.72 Å². The number of cyclic esters (lactones) is 1. The molecule has 0 N–H and O–H groups in total. The van der Waals surface area contributed by atoms with Gasteiger partial charge >= 0.3 is 5.97 Å². The lowest BCUT2D eigenvalue weighted by Crippen LogP contribution is -2.34. The highest BCUT2D eigenvalue weighted by atomic mass is 32.1. The molecule has 1 aliphatic heterocycles. The number of carbonyl (C=O) groups excluding carboxylic acids is 1. The van der Waals surface area contributed by atoms with E-state index in [4.69, 9.17) is 4.74 Å². The quantitative estimate of drug-likeness (QED) is 0.682. The number of aryl methyl sites for hydroxylation is 1. The van der Waals surface area contributed by atoms with Crippen molar-refractivity contribution in [1.29, 1.82) is 0 Å². The first-order valence-corrected chi connectivity index (χ1v) is 7.46. The Labute approximate surface area is 125 Å². The number of rotatable bonds is 2. The van der Waals surface area contributed by atoms with Crippen molar-refractivity contribution < 1.29 is 9.53 Å². The van der Waals surface area contributed by atoms with Crippen LogP contribution in [-0.2, 0) is 10.5 Å². The molecule has 2 aromatic heterocycles. The van der Waals surface area contributed by atoms with Crippen molar-refractivity contribution in [3.05, 3.63) is 76.0 Å². The summed E-state index contributed by atoms with van der Waals surface area (Å²) in [6.07, 6.45) is 5.20. The minimum atomic E-state index is -0.941. The summed E-state index contributed by atoms with van der Waals surface area (Å²) in [5.41, 5.74) is 1.67. The second kappa shape index (κ2) is 4.30. The van der Waals surface area contributed by atoms with Crippen molar-refractivity contribution in [2.24, 2.45) is 0 Å². The van der Waals surface area contributed by atoms with Crippen LogP contribution in [0, 0.1) is 6.92 Å². The van der Waals surface area contributed by atoms with Gasteiger partial charge in [-0.3, -0.25) is 4.57 Å². The van der Waals surface area contributed by atoms with Crippen LogP contribution in [0.4, 0.5) is 0 Å². The molecule has 0 saturated carbocycles. The van der Waals surface area contributed by atoms with E-state index in [-0.39, 0.29) is 5.97 Å². The third-order valence-electron chi connectivity index (χ3n) is 3.69. The lowest BCUT2D eigenvalue weighted by molar-refractivity contribution is -0.000832. The van der Waals surface area contributed by atoms with Crippen LogP contribution in [0.15, 0.2) is 54.4 Å². The molecule has 4 nitrogen and oxygen atoms in total. The zero-order valence-corrected chi connectivity index (χ0v) is 12.1. The summed E-state index contributed by atoms with van der Waals surface area (Å²) in [4.78, 5) is 17.4. The number of aromatic nitrogens is 2. The maximum absolute atomic E-state index is 12.3. The second-order valence-corrected chi connectivity index (χ2v) is 5.95. The van der Waals surface area contributed by atoms with E-state index in [0.717, 1.165) is 16.0 Å². The lowest BCUT2D eigenvalue weighted by Gasteiger charge is -2.29. The smallest absolute Gasteiger partial charge is 0.341 e. The summed E-state index contributed by atoms with van der Waals surface area (Å²) in [7, 11) is 0. The summed E-state index contributed by atoms with van der Waals surface area (Å²) in [5, 5.41) is 2.06. The van der Waals surface area contributed by atoms with Crippen LogP contribution in [0.5, 0.6) is 0 Å². The molecule has 0 spiro atoms. The third kappa shape index (κ3) is 1.61. The molecular weight excluding hydrogens is 284 g/mol. The van der Waals surface area contributed by atoms with Crippen LogP contribution < -0.4 is 0 Å². The Bertz CT molecular complexity index is 822. The number of thiophene rings is 1. The zero-order chi connectivity index (χ0) is 14.4. The molecule has 5 heteroatoms. The molecule has 0 radical (unpaired) electrons. The molecule has 0 saturated heterocycles. The van der Waals surface area contributed by atoms with Gasteiger partial charge in [0.2, 0.25) is 0 Å². The van der Waals surface area contributed by atoms with Crippen LogP contribution in [0.2, 0.25) is 0 Å². The predicted octanol–water partition coefficient (Wildman–Crippen LogP) is 3.17. The number of benzene rings is 1. The fourth-order valence-electron chi connectivity index (χ4n) is 2.76. The Hall–Kier alpha value is -2.40. The number of carbonyl (C=O) groups is 1. The number of ether oxygens (including phenoxy) is 1. The van der Waals surface area contributed by atoms with Crippen molar-refractivity contribution >= 4 is 17.3 Å². The maximum atomic E-state index is 12.3. The molecule has 1 atom stereocenters. The van der Waals surface area contributed by atoms with E-state index in [0.29, 0.717) is 5.56 Å². The number of hydrogen-bond donors (Lipinski definition) is 0. The van der Waals surface area contributed by atoms with Gasteiger partial charge in [0.1, 0.15) is 0 Å². The summed E-state index contributed by atoms with van der Waals surface area (Å²) >= 11 is 1.58. The Balaban J connectivity index is 2.06. The van der Waals surface area contributed by atoms with E-state index in [2.05, 4.69) is 16.4 Å². The van der Waals surface area contributed by atoms with Crippen LogP contribution >= 0.6 is 11.3 Å². The fraction of sp³-hybridized carbons (Fsp3) is 0.125. The van der Waals surface area contributed by atoms with E-state index in [1.165, 1.54) is 0 Å². The lowest BCUT2D eigenvalue weighted by atomic mass is 9.98. The van der Waals surface area contributed by atoms with E-state index < -0.39 is 5.72 Å². The molecule has 3 heterocycles. The van der Waals surface area contributed by atoms with E-state index in [9.17, 15) is 4.79 Å². The topological polar surface area (TPSA) is 44.1 Å². The molecule has 1 unspecified atom stereocenters. The van der Waals surface area contributed by atoms with Gasteiger partial charge in [-0.1, -0.05) is 18.2 Å². The highest BCUT2D eigenvalue weighted by molar-refractivity contribution is 7.10. The predicted molar refractivity (Wildman–Crippen MR) is 79.3 cm³/mol. The third-order valence-corrected chi connectivity index (χ3v) is 4.82. The largest absolute Gasteiger partial charge is 0.425 e. The molecular formula is C16H12N2O2S. The van der Waals surface area contributed by atoms with E-state index >= 15 is 0 Å². The van der Waals surface area contributed by atoms with Crippen LogP contribution in [0.3, 0.4) is 0 Å². The number of esters is 1. The van der Waals surface area contributed by atoms with Gasteiger partial charge in [0.15, 0.2) is 0 Å². The molecule has 104 valence electrons. The molecule has 0 amide bonds. The minimum Gasteiger partial charge on any atom is -0.425 e. The normalized spacial score (nSPS) is 20.3. The van der Waals surface area contributed by atoms with Gasteiger partial charge < -0.3 is 4.74 Å². The van der Waals surface area contributed by atoms with Gasteiger partial charge in [-0.05, 0) is 30.0 Å². The summed E-state index contributed by atoms with van der Waals surface area (Å²) in [6.45, 7) is 2.03. The summed E-state index contributed by atoms with van der Waals surface area (Å²) < 4.78 is 7.71. The molecule has 0 bridgehead atoms. The second-order valence-electron chi connectivity index (χ2n) is 5.04. The van der Waals surface area contributed by atoms with Gasteiger partial charge in [-0.15, -0.1) is 11.3 Å². The van der Waals surface area contributed by atoms with Crippen LogP contribution in [0.25, 0.3) is 0 Å². The van der Waals surface area contributed by atoms with E-state index in [1.807, 2.05) is 35.9 Å². The molecule has 3 aromatic rings. The Morgan fingerprint density at radius 2 is 2.19 bits per heavy atom. The molecule has 0 aliphatic carbocycles. The van der Waals surface area contributed by atoms with Gasteiger partial charge in [-0.25, -0.2) is 9.78 Å². The SMILES string of the molecule is Cc1csc(C2(n3ccnc3)OC(=O)c3ccccc32)c1. The van der Waals surface area contributed by atoms with Crippen molar-refractivity contribution in [3.8, 4) is 0 Å². The highest BCUT2D eigenvalue weighted by Crippen LogP contribution is 2.45. The van der Waals surface area contributed by atoms with E-state index in [1.54, 1.807) is 29.9 Å². The minimum absolute atomic E-state index is 0.301. The van der Waals surface area contributed by atoms with Crippen molar-refractivity contribution in [3.63, 3.8) is 0 Å². The number of imidazole rings is 1. The maximum Gasteiger partial charge on any atom is 0.341 e. The average Bonchev–Trinajstić information content (AvgIpc) is 3.20. The van der Waals surface area contributed by atoms with Crippen molar-refractivity contribution in [2.45, 2.75) is 12.6 Å². The fourth-order valence-corrected chi connectivity index (χ4v) is 3.81. The van der Waals surface area contributed by atoms with Crippen LogP contribution in [0.1, 0.15) is 26.4 Å². The van der Waals surface area contributed by atoms with Crippen molar-refractivity contribution in [1.82, 2.24) is 9.55 Å². The van der Waals surface area contributed by atoms with Gasteiger partial charge in [-0.2, -0.15) is 0 Å². The monoisotopic (exact) mass is 296 g/mol. The number of hydrogen-bond acceptors (Lipinski definition) is 4. The molecule has 1 aromatic carbocycles. The molecule has 0 fully saturated rings. The first-order valence-electron chi connectivity index (χ1n) is 6.59. The van der Waals surface area contributed by atoms with Crippen molar-refractivity contribution in [2.75, 3.05) is 0 Å². The van der Waals surface area contributed by atoms with Crippen LogP contribution in [-0.4, -0.2) is 15.5 Å². The summed E-state index contributed by atoms with van der Waals surface area (Å²) in [6, 6.07) is 9.57. The first-order chi connectivity index (χ1) is 10.2. The molecule has 4 rings (SSSR count). The molecule has 21 heavy (non-hydrogen) atoms. The Morgan fingerprint density at radius 3 is 2.90 bits per heavy atom. The molecule has 1 aliphatic rings. The number of nitrogens with zero attached hydrogens (tertiary/aromatic N) is 2. The number of fused-ring (bicyclic) bond motifs is 1. The zero-order valence-electron chi connectivity index (χ0n) is 11.3. The Kier molecular flexibility index (Phi) is 2.53.